The molecule has 2 aliphatic heterocycles. The van der Waals surface area contributed by atoms with Gasteiger partial charge in [0.25, 0.3) is 0 Å². The van der Waals surface area contributed by atoms with E-state index in [1.807, 2.05) is 7.05 Å². The zero-order valence-electron chi connectivity index (χ0n) is 21.8. The fourth-order valence-corrected chi connectivity index (χ4v) is 5.16. The molecule has 9 nitrogen and oxygen atoms in total. The summed E-state index contributed by atoms with van der Waals surface area (Å²) in [6.07, 6.45) is 2.88. The number of carbonyl (C=O) groups excluding carboxylic acids is 2. The summed E-state index contributed by atoms with van der Waals surface area (Å²) in [6, 6.07) is 3.11. The molecule has 11 heteroatoms. The maximum atomic E-state index is 14.8. The average molecular weight is 527 g/mol. The summed E-state index contributed by atoms with van der Waals surface area (Å²) < 4.78 is 44.8. The van der Waals surface area contributed by atoms with E-state index in [0.29, 0.717) is 38.4 Å². The average Bonchev–Trinajstić information content (AvgIpc) is 2.91. The molecular formula is C26H40F2N4O5. The van der Waals surface area contributed by atoms with Crippen LogP contribution in [0.1, 0.15) is 43.8 Å². The standard InChI is InChI=1S/C26H40F2N4O5/c1-29-16-21(14-18-7-11-36-12-8-18)31-25(33)32-10-3-4-19(17-32)24(37-13-9-30-26(34)35-2)22-15-20(27)5-6-23(22)28/h5-6,15,18-19,21,24,29H,3-4,7-14,16-17H2,1-2H3,(H,30,34)(H,31,33). The molecule has 37 heavy (non-hydrogen) atoms. The maximum Gasteiger partial charge on any atom is 0.406 e. The van der Waals surface area contributed by atoms with Crippen molar-refractivity contribution in [1.82, 2.24) is 20.9 Å². The second-order valence-electron chi connectivity index (χ2n) is 9.72. The summed E-state index contributed by atoms with van der Waals surface area (Å²) in [5.41, 5.74) is 0.109. The van der Waals surface area contributed by atoms with Crippen molar-refractivity contribution in [3.63, 3.8) is 0 Å². The van der Waals surface area contributed by atoms with Gasteiger partial charge in [0.1, 0.15) is 11.6 Å². The summed E-state index contributed by atoms with van der Waals surface area (Å²) in [6.45, 7) is 3.32. The van der Waals surface area contributed by atoms with E-state index in [-0.39, 0.29) is 36.7 Å². The highest BCUT2D eigenvalue weighted by molar-refractivity contribution is 5.74. The van der Waals surface area contributed by atoms with E-state index >= 15 is 0 Å². The van der Waals surface area contributed by atoms with E-state index in [2.05, 4.69) is 20.7 Å². The Morgan fingerprint density at radius 3 is 2.73 bits per heavy atom. The summed E-state index contributed by atoms with van der Waals surface area (Å²) in [4.78, 5) is 26.3. The van der Waals surface area contributed by atoms with Crippen LogP contribution in [0.2, 0.25) is 0 Å². The Labute approximate surface area is 217 Å². The molecular weight excluding hydrogens is 486 g/mol. The van der Waals surface area contributed by atoms with E-state index in [4.69, 9.17) is 9.47 Å². The number of nitrogens with one attached hydrogen (secondary N) is 3. The first-order valence-corrected chi connectivity index (χ1v) is 13.1. The first-order valence-electron chi connectivity index (χ1n) is 13.1. The molecule has 0 radical (unpaired) electrons. The lowest BCUT2D eigenvalue weighted by Gasteiger charge is -2.38. The number of rotatable bonds is 11. The number of likely N-dealkylation sites (N-methyl/N-ethyl adjacent to an activating group) is 1. The fraction of sp³-hybridized carbons (Fsp3) is 0.692. The number of piperidine rings is 1. The lowest BCUT2D eigenvalue weighted by atomic mass is 9.88. The van der Waals surface area contributed by atoms with Crippen LogP contribution in [0.15, 0.2) is 18.2 Å². The summed E-state index contributed by atoms with van der Waals surface area (Å²) >= 11 is 0. The molecule has 2 aliphatic rings. The van der Waals surface area contributed by atoms with Gasteiger partial charge < -0.3 is 35.1 Å². The predicted molar refractivity (Wildman–Crippen MR) is 134 cm³/mol. The van der Waals surface area contributed by atoms with Gasteiger partial charge in [0.05, 0.1) is 19.8 Å². The SMILES string of the molecule is CNCC(CC1CCOCC1)NC(=O)N1CCCC(C(OCCNC(=O)OC)c2cc(F)ccc2F)C1. The van der Waals surface area contributed by atoms with Crippen LogP contribution in [0.4, 0.5) is 18.4 Å². The quantitative estimate of drug-likeness (QED) is 0.383. The van der Waals surface area contributed by atoms with Gasteiger partial charge in [-0.2, -0.15) is 0 Å². The molecule has 0 aromatic heterocycles. The third-order valence-electron chi connectivity index (χ3n) is 7.03. The lowest BCUT2D eigenvalue weighted by molar-refractivity contribution is -0.0108. The van der Waals surface area contributed by atoms with E-state index in [0.717, 1.165) is 50.7 Å². The topological polar surface area (TPSA) is 101 Å². The van der Waals surface area contributed by atoms with Crippen molar-refractivity contribution in [3.8, 4) is 0 Å². The monoisotopic (exact) mass is 526 g/mol. The molecule has 2 saturated heterocycles. The minimum atomic E-state index is -0.777. The minimum Gasteiger partial charge on any atom is -0.453 e. The van der Waals surface area contributed by atoms with Crippen molar-refractivity contribution in [3.05, 3.63) is 35.4 Å². The fourth-order valence-electron chi connectivity index (χ4n) is 5.16. The Balaban J connectivity index is 1.66. The van der Waals surface area contributed by atoms with Gasteiger partial charge in [0.15, 0.2) is 0 Å². The van der Waals surface area contributed by atoms with Crippen LogP contribution < -0.4 is 16.0 Å². The Hall–Kier alpha value is -2.50. The van der Waals surface area contributed by atoms with Gasteiger partial charge in [-0.1, -0.05) is 0 Å². The zero-order valence-corrected chi connectivity index (χ0v) is 21.8. The third-order valence-corrected chi connectivity index (χ3v) is 7.03. The van der Waals surface area contributed by atoms with Crippen molar-refractivity contribution in [2.75, 3.05) is 60.2 Å². The molecule has 0 saturated carbocycles. The minimum absolute atomic E-state index is 0.0157. The molecule has 2 heterocycles. The van der Waals surface area contributed by atoms with Gasteiger partial charge in [-0.05, 0) is 63.3 Å². The van der Waals surface area contributed by atoms with Gasteiger partial charge in [-0.15, -0.1) is 0 Å². The second kappa shape index (κ2) is 15.0. The van der Waals surface area contributed by atoms with E-state index in [9.17, 15) is 18.4 Å². The highest BCUT2D eigenvalue weighted by Gasteiger charge is 2.33. The number of carbonyl (C=O) groups is 2. The molecule has 0 bridgehead atoms. The number of alkyl carbamates (subject to hydrolysis) is 1. The van der Waals surface area contributed by atoms with Gasteiger partial charge >= 0.3 is 12.1 Å². The molecule has 1 aromatic carbocycles. The molecule has 1 aromatic rings. The first-order chi connectivity index (χ1) is 17.9. The second-order valence-corrected chi connectivity index (χ2v) is 9.72. The van der Waals surface area contributed by atoms with E-state index in [1.165, 1.54) is 7.11 Å². The van der Waals surface area contributed by atoms with Crippen LogP contribution in [0.3, 0.4) is 0 Å². The van der Waals surface area contributed by atoms with Crippen LogP contribution in [0.25, 0.3) is 0 Å². The third kappa shape index (κ3) is 9.08. The maximum absolute atomic E-state index is 14.8. The number of halogens is 2. The van der Waals surface area contributed by atoms with Gasteiger partial charge in [0, 0.05) is 56.9 Å². The highest BCUT2D eigenvalue weighted by Crippen LogP contribution is 2.34. The Kier molecular flexibility index (Phi) is 11.8. The van der Waals surface area contributed by atoms with Crippen LogP contribution in [-0.4, -0.2) is 83.2 Å². The van der Waals surface area contributed by atoms with Gasteiger partial charge in [-0.3, -0.25) is 0 Å². The van der Waals surface area contributed by atoms with E-state index in [1.54, 1.807) is 4.90 Å². The van der Waals surface area contributed by atoms with Gasteiger partial charge in [-0.25, -0.2) is 18.4 Å². The molecule has 208 valence electrons. The number of likely N-dealkylation sites (tertiary alicyclic amines) is 1. The zero-order chi connectivity index (χ0) is 26.6. The van der Waals surface area contributed by atoms with Crippen molar-refractivity contribution < 1.29 is 32.6 Å². The number of methoxy groups -OCH3 is 1. The smallest absolute Gasteiger partial charge is 0.406 e. The Morgan fingerprint density at radius 2 is 2.00 bits per heavy atom. The van der Waals surface area contributed by atoms with Crippen LogP contribution >= 0.6 is 0 Å². The van der Waals surface area contributed by atoms with Crippen molar-refractivity contribution in [1.29, 1.82) is 0 Å². The van der Waals surface area contributed by atoms with E-state index < -0.39 is 23.8 Å². The van der Waals surface area contributed by atoms with Crippen LogP contribution in [0.5, 0.6) is 0 Å². The highest BCUT2D eigenvalue weighted by atomic mass is 19.1. The molecule has 3 amide bonds. The van der Waals surface area contributed by atoms with Crippen molar-refractivity contribution in [2.45, 2.75) is 44.2 Å². The Morgan fingerprint density at radius 1 is 1.22 bits per heavy atom. The molecule has 0 aliphatic carbocycles. The summed E-state index contributed by atoms with van der Waals surface area (Å²) in [5, 5.41) is 8.86. The lowest BCUT2D eigenvalue weighted by Crippen LogP contribution is -2.52. The number of nitrogens with zero attached hydrogens (tertiary/aromatic N) is 1. The molecule has 2 fully saturated rings. The summed E-state index contributed by atoms with van der Waals surface area (Å²) in [5.74, 6) is -0.869. The van der Waals surface area contributed by atoms with Crippen LogP contribution in [-0.2, 0) is 14.2 Å². The Bertz CT molecular complexity index is 871. The molecule has 3 N–H and O–H groups in total. The number of hydrogen-bond donors (Lipinski definition) is 3. The number of hydrogen-bond acceptors (Lipinski definition) is 6. The normalized spacial score (nSPS) is 20.2. The summed E-state index contributed by atoms with van der Waals surface area (Å²) in [7, 11) is 3.12. The first kappa shape index (κ1) is 29.1. The van der Waals surface area contributed by atoms with Gasteiger partial charge in [0.2, 0.25) is 0 Å². The number of amides is 3. The number of urea groups is 1. The van der Waals surface area contributed by atoms with Crippen molar-refractivity contribution in [2.24, 2.45) is 11.8 Å². The number of ether oxygens (including phenoxy) is 3. The molecule has 0 spiro atoms. The van der Waals surface area contributed by atoms with Crippen LogP contribution in [0, 0.1) is 23.5 Å². The number of benzene rings is 1. The van der Waals surface area contributed by atoms with Crippen molar-refractivity contribution >= 4 is 12.1 Å². The largest absolute Gasteiger partial charge is 0.453 e. The molecule has 3 atom stereocenters. The molecule has 3 unspecified atom stereocenters. The predicted octanol–water partition coefficient (Wildman–Crippen LogP) is 3.20. The molecule has 3 rings (SSSR count).